The maximum absolute atomic E-state index is 13.4. The summed E-state index contributed by atoms with van der Waals surface area (Å²) >= 11 is 3.38. The van der Waals surface area contributed by atoms with Crippen LogP contribution in [0.25, 0.3) is 0 Å². The van der Waals surface area contributed by atoms with Crippen molar-refractivity contribution in [1.82, 2.24) is 0 Å². The third-order valence-corrected chi connectivity index (χ3v) is 5.26. The summed E-state index contributed by atoms with van der Waals surface area (Å²) in [5, 5.41) is 10.7. The van der Waals surface area contributed by atoms with Crippen LogP contribution < -0.4 is 5.73 Å². The standard InChI is InChI=1S/C14H17BrFNO2/c15-11-3-1-8(16)5-10(11)13(18)14(7-17)6-9-2-4-12(14)19-9/h1,3,5,9,12-13,18H,2,4,6-7,17H2. The first-order chi connectivity index (χ1) is 9.06. The van der Waals surface area contributed by atoms with Gasteiger partial charge in [-0.25, -0.2) is 4.39 Å². The van der Waals surface area contributed by atoms with Crippen molar-refractivity contribution in [2.24, 2.45) is 11.1 Å². The average Bonchev–Trinajstić information content (AvgIpc) is 3.01. The Morgan fingerprint density at radius 1 is 1.53 bits per heavy atom. The maximum Gasteiger partial charge on any atom is 0.123 e. The van der Waals surface area contributed by atoms with Crippen molar-refractivity contribution in [3.63, 3.8) is 0 Å². The molecule has 0 radical (unpaired) electrons. The van der Waals surface area contributed by atoms with Crippen LogP contribution in [0.1, 0.15) is 30.9 Å². The number of hydrogen-bond acceptors (Lipinski definition) is 3. The molecular formula is C14H17BrFNO2. The Labute approximate surface area is 120 Å². The van der Waals surface area contributed by atoms with Crippen LogP contribution in [0.2, 0.25) is 0 Å². The molecule has 0 saturated carbocycles. The molecule has 3 nitrogen and oxygen atoms in total. The number of halogens is 2. The van der Waals surface area contributed by atoms with Gasteiger partial charge in [0, 0.05) is 16.4 Å². The molecule has 2 bridgehead atoms. The van der Waals surface area contributed by atoms with Gasteiger partial charge in [0.1, 0.15) is 5.82 Å². The molecule has 1 aromatic rings. The fraction of sp³-hybridized carbons (Fsp3) is 0.571. The van der Waals surface area contributed by atoms with E-state index in [1.807, 2.05) is 0 Å². The fourth-order valence-corrected chi connectivity index (χ4v) is 3.95. The summed E-state index contributed by atoms with van der Waals surface area (Å²) in [6.07, 6.45) is 2.06. The van der Waals surface area contributed by atoms with Crippen molar-refractivity contribution in [3.8, 4) is 0 Å². The Morgan fingerprint density at radius 3 is 2.89 bits per heavy atom. The Balaban J connectivity index is 1.98. The summed E-state index contributed by atoms with van der Waals surface area (Å²) in [4.78, 5) is 0. The van der Waals surface area contributed by atoms with Gasteiger partial charge in [-0.3, -0.25) is 0 Å². The van der Waals surface area contributed by atoms with Gasteiger partial charge in [0.15, 0.2) is 0 Å². The van der Waals surface area contributed by atoms with Gasteiger partial charge in [-0.15, -0.1) is 0 Å². The zero-order valence-electron chi connectivity index (χ0n) is 10.5. The average molecular weight is 330 g/mol. The van der Waals surface area contributed by atoms with Crippen molar-refractivity contribution in [2.75, 3.05) is 6.54 Å². The van der Waals surface area contributed by atoms with Crippen LogP contribution in [-0.4, -0.2) is 23.9 Å². The van der Waals surface area contributed by atoms with E-state index < -0.39 is 11.5 Å². The molecule has 2 fully saturated rings. The van der Waals surface area contributed by atoms with Crippen LogP contribution >= 0.6 is 15.9 Å². The lowest BCUT2D eigenvalue weighted by atomic mass is 9.68. The lowest BCUT2D eigenvalue weighted by molar-refractivity contribution is -0.0268. The van der Waals surface area contributed by atoms with Crippen molar-refractivity contribution >= 4 is 15.9 Å². The van der Waals surface area contributed by atoms with Gasteiger partial charge < -0.3 is 15.6 Å². The summed E-state index contributed by atoms with van der Waals surface area (Å²) in [6, 6.07) is 4.36. The minimum Gasteiger partial charge on any atom is -0.388 e. The molecule has 0 aromatic heterocycles. The predicted molar refractivity (Wildman–Crippen MR) is 73.1 cm³/mol. The second kappa shape index (κ2) is 4.81. The molecule has 1 aromatic carbocycles. The molecule has 3 N–H and O–H groups in total. The fourth-order valence-electron chi connectivity index (χ4n) is 3.48. The molecule has 5 heteroatoms. The van der Waals surface area contributed by atoms with E-state index in [2.05, 4.69) is 15.9 Å². The highest BCUT2D eigenvalue weighted by Gasteiger charge is 2.56. The first-order valence-corrected chi connectivity index (χ1v) is 7.34. The van der Waals surface area contributed by atoms with Crippen molar-refractivity contribution in [1.29, 1.82) is 0 Å². The third kappa shape index (κ3) is 2.03. The molecule has 2 aliphatic heterocycles. The summed E-state index contributed by atoms with van der Waals surface area (Å²) in [7, 11) is 0. The monoisotopic (exact) mass is 329 g/mol. The van der Waals surface area contributed by atoms with Gasteiger partial charge in [0.25, 0.3) is 0 Å². The van der Waals surface area contributed by atoms with Crippen molar-refractivity contribution in [3.05, 3.63) is 34.1 Å². The molecule has 19 heavy (non-hydrogen) atoms. The molecule has 104 valence electrons. The largest absolute Gasteiger partial charge is 0.388 e. The SMILES string of the molecule is NCC1(C(O)c2cc(F)ccc2Br)CC2CCC1O2. The summed E-state index contributed by atoms with van der Waals surface area (Å²) < 4.78 is 20.0. The number of benzene rings is 1. The lowest BCUT2D eigenvalue weighted by Gasteiger charge is -2.39. The minimum absolute atomic E-state index is 0.0207. The maximum atomic E-state index is 13.4. The Kier molecular flexibility index (Phi) is 3.41. The summed E-state index contributed by atoms with van der Waals surface area (Å²) in [5.41, 5.74) is 6.00. The Bertz CT molecular complexity index is 498. The predicted octanol–water partition coefficient (Wildman–Crippen LogP) is 2.52. The number of fused-ring (bicyclic) bond motifs is 2. The molecule has 0 aliphatic carbocycles. The van der Waals surface area contributed by atoms with Crippen LogP contribution in [0.3, 0.4) is 0 Å². The molecule has 4 unspecified atom stereocenters. The first-order valence-electron chi connectivity index (χ1n) is 6.55. The second-order valence-corrected chi connectivity index (χ2v) is 6.39. The third-order valence-electron chi connectivity index (χ3n) is 4.53. The number of ether oxygens (including phenoxy) is 1. The minimum atomic E-state index is -0.808. The molecule has 4 atom stereocenters. The van der Waals surface area contributed by atoms with Crippen LogP contribution in [0.4, 0.5) is 4.39 Å². The van der Waals surface area contributed by atoms with E-state index in [4.69, 9.17) is 10.5 Å². The van der Waals surface area contributed by atoms with E-state index in [-0.39, 0.29) is 18.0 Å². The van der Waals surface area contributed by atoms with E-state index in [9.17, 15) is 9.50 Å². The number of aliphatic hydroxyl groups is 1. The van der Waals surface area contributed by atoms with E-state index in [0.29, 0.717) is 16.6 Å². The number of nitrogens with two attached hydrogens (primary N) is 1. The summed E-state index contributed by atoms with van der Waals surface area (Å²) in [6.45, 7) is 0.346. The molecule has 2 heterocycles. The molecule has 0 amide bonds. The highest BCUT2D eigenvalue weighted by atomic mass is 79.9. The molecule has 3 rings (SSSR count). The van der Waals surface area contributed by atoms with Crippen molar-refractivity contribution in [2.45, 2.75) is 37.6 Å². The highest BCUT2D eigenvalue weighted by Crippen LogP contribution is 2.54. The highest BCUT2D eigenvalue weighted by molar-refractivity contribution is 9.10. The number of hydrogen-bond donors (Lipinski definition) is 2. The van der Waals surface area contributed by atoms with Crippen LogP contribution in [0.15, 0.2) is 22.7 Å². The van der Waals surface area contributed by atoms with Gasteiger partial charge >= 0.3 is 0 Å². The van der Waals surface area contributed by atoms with Gasteiger partial charge in [-0.2, -0.15) is 0 Å². The van der Waals surface area contributed by atoms with Gasteiger partial charge in [0.05, 0.1) is 18.3 Å². The van der Waals surface area contributed by atoms with Crippen LogP contribution in [-0.2, 0) is 4.74 Å². The number of aliphatic hydroxyl groups excluding tert-OH is 1. The number of rotatable bonds is 3. The zero-order valence-corrected chi connectivity index (χ0v) is 12.1. The quantitative estimate of drug-likeness (QED) is 0.895. The van der Waals surface area contributed by atoms with Gasteiger partial charge in [-0.05, 0) is 43.0 Å². The van der Waals surface area contributed by atoms with Crippen LogP contribution in [0, 0.1) is 11.2 Å². The second-order valence-electron chi connectivity index (χ2n) is 5.53. The molecule has 2 aliphatic rings. The van der Waals surface area contributed by atoms with E-state index in [1.54, 1.807) is 6.07 Å². The summed E-state index contributed by atoms with van der Waals surface area (Å²) in [5.74, 6) is -0.353. The Hall–Kier alpha value is -0.490. The first kappa shape index (κ1) is 13.5. The normalized spacial score (nSPS) is 34.7. The van der Waals surface area contributed by atoms with E-state index >= 15 is 0 Å². The van der Waals surface area contributed by atoms with E-state index in [1.165, 1.54) is 12.1 Å². The smallest absolute Gasteiger partial charge is 0.123 e. The Morgan fingerprint density at radius 2 is 2.32 bits per heavy atom. The molecule has 2 saturated heterocycles. The van der Waals surface area contributed by atoms with Crippen LogP contribution in [0.5, 0.6) is 0 Å². The zero-order chi connectivity index (χ0) is 13.6. The van der Waals surface area contributed by atoms with Gasteiger partial charge in [0.2, 0.25) is 0 Å². The molecule has 0 spiro atoms. The lowest BCUT2D eigenvalue weighted by Crippen LogP contribution is -2.44. The topological polar surface area (TPSA) is 55.5 Å². The van der Waals surface area contributed by atoms with E-state index in [0.717, 1.165) is 19.3 Å². The molecular weight excluding hydrogens is 313 g/mol. The van der Waals surface area contributed by atoms with Crippen molar-refractivity contribution < 1.29 is 14.2 Å². The van der Waals surface area contributed by atoms with Gasteiger partial charge in [-0.1, -0.05) is 15.9 Å².